The van der Waals surface area contributed by atoms with Gasteiger partial charge >= 0.3 is 241 Å². The Kier molecular flexibility index (Phi) is 13.9. The van der Waals surface area contributed by atoms with Crippen molar-refractivity contribution in [2.45, 2.75) is 130 Å². The van der Waals surface area contributed by atoms with Crippen molar-refractivity contribution >= 4 is 32.8 Å². The summed E-state index contributed by atoms with van der Waals surface area (Å²) in [4.78, 5) is 15.6. The van der Waals surface area contributed by atoms with Crippen LogP contribution in [0.4, 0.5) is 4.79 Å². The number of nitrogens with zero attached hydrogens (tertiary/aromatic N) is 1. The number of cyclic esters (lactones) is 1. The van der Waals surface area contributed by atoms with Crippen molar-refractivity contribution in [2.24, 2.45) is 0 Å². The van der Waals surface area contributed by atoms with Crippen LogP contribution in [0.5, 0.6) is 0 Å². The summed E-state index contributed by atoms with van der Waals surface area (Å²) in [6.07, 6.45) is 11.6. The first kappa shape index (κ1) is 33.4. The Hall–Kier alpha value is -0.794. The van der Waals surface area contributed by atoms with Gasteiger partial charge in [-0.25, -0.2) is 0 Å². The normalized spacial score (nSPS) is 17.3. The van der Waals surface area contributed by atoms with Crippen molar-refractivity contribution in [2.75, 3.05) is 13.2 Å². The Morgan fingerprint density at radius 1 is 1.03 bits per heavy atom. The van der Waals surface area contributed by atoms with E-state index in [9.17, 15) is 4.79 Å². The van der Waals surface area contributed by atoms with E-state index in [2.05, 4.69) is 95.9 Å². The first-order valence-corrected chi connectivity index (χ1v) is 25.7. The molecule has 216 valence electrons. The fraction of sp³-hybridized carbons (Fsp3) is 0.719. The van der Waals surface area contributed by atoms with Gasteiger partial charge in [-0.05, 0) is 0 Å². The SMILES string of the molecule is CCC[CH2][Sn]([CH2]CCC)([CH2]CCC)/[C](=C\CCO[Si](C)(C)C(C)(C)C)N1C(=O)OC[C@@H]1Cc1ccccc1. The number of hydrogen-bond acceptors (Lipinski definition) is 3. The zero-order valence-electron chi connectivity index (χ0n) is 25.9. The number of carbonyl (C=O) groups is 1. The molecule has 2 rings (SSSR count). The van der Waals surface area contributed by atoms with E-state index in [1.807, 2.05) is 0 Å². The zero-order chi connectivity index (χ0) is 28.2. The Balaban J connectivity index is 2.49. The van der Waals surface area contributed by atoms with Gasteiger partial charge in [-0.3, -0.25) is 0 Å². The summed E-state index contributed by atoms with van der Waals surface area (Å²) in [6, 6.07) is 10.7. The number of amides is 1. The summed E-state index contributed by atoms with van der Waals surface area (Å²) < 4.78 is 17.8. The molecule has 1 aromatic carbocycles. The summed E-state index contributed by atoms with van der Waals surface area (Å²) in [5, 5.41) is 0.200. The molecular weight excluding hydrogens is 593 g/mol. The topological polar surface area (TPSA) is 38.8 Å². The maximum atomic E-state index is 13.5. The average Bonchev–Trinajstić information content (AvgIpc) is 3.23. The van der Waals surface area contributed by atoms with Gasteiger partial charge < -0.3 is 0 Å². The fourth-order valence-corrected chi connectivity index (χ4v) is 23.5. The summed E-state index contributed by atoms with van der Waals surface area (Å²) in [7, 11) is -1.81. The molecule has 1 aromatic rings. The Morgan fingerprint density at radius 2 is 1.58 bits per heavy atom. The van der Waals surface area contributed by atoms with Crippen molar-refractivity contribution in [3.8, 4) is 0 Å². The van der Waals surface area contributed by atoms with Gasteiger partial charge in [0.1, 0.15) is 0 Å². The number of benzene rings is 1. The molecule has 0 N–H and O–H groups in total. The Bertz CT molecular complexity index is 843. The van der Waals surface area contributed by atoms with Gasteiger partial charge in [-0.1, -0.05) is 0 Å². The first-order chi connectivity index (χ1) is 18.0. The van der Waals surface area contributed by atoms with Crippen LogP contribution in [0.25, 0.3) is 0 Å². The van der Waals surface area contributed by atoms with Gasteiger partial charge in [0.2, 0.25) is 0 Å². The molecule has 1 aliphatic heterocycles. The predicted octanol–water partition coefficient (Wildman–Crippen LogP) is 9.73. The van der Waals surface area contributed by atoms with Crippen LogP contribution in [-0.4, -0.2) is 56.9 Å². The van der Waals surface area contributed by atoms with E-state index in [1.165, 1.54) is 61.1 Å². The molecule has 1 aliphatic rings. The minimum atomic E-state index is -2.94. The van der Waals surface area contributed by atoms with E-state index < -0.39 is 26.7 Å². The number of hydrogen-bond donors (Lipinski definition) is 0. The molecule has 1 atom stereocenters. The van der Waals surface area contributed by atoms with Crippen LogP contribution in [-0.2, 0) is 15.6 Å². The van der Waals surface area contributed by atoms with Gasteiger partial charge in [-0.15, -0.1) is 0 Å². The number of unbranched alkanes of at least 4 members (excludes halogenated alkanes) is 3. The second-order valence-electron chi connectivity index (χ2n) is 12.9. The van der Waals surface area contributed by atoms with Crippen LogP contribution in [0.3, 0.4) is 0 Å². The predicted molar refractivity (Wildman–Crippen MR) is 168 cm³/mol. The standard InChI is InChI=1S/C20H30NO3Si.3C4H9.Sn/c1-20(2,3)25(4,5)24-14-10-9-13-21-18(16-23-19(21)22)15-17-11-7-6-8-12-17;3*1-3-4-2;/h6-9,11-12,18H,10,14-16H2,1-5H3;3*1,3-4H2,2H3;/t18-;;;;/m0..../s1. The van der Waals surface area contributed by atoms with Crippen LogP contribution in [0.15, 0.2) is 40.1 Å². The summed E-state index contributed by atoms with van der Waals surface area (Å²) in [5.74, 6) is 0. The van der Waals surface area contributed by atoms with Gasteiger partial charge in [0.15, 0.2) is 0 Å². The van der Waals surface area contributed by atoms with Gasteiger partial charge in [0.25, 0.3) is 0 Å². The molecule has 0 bridgehead atoms. The van der Waals surface area contributed by atoms with E-state index in [0.717, 1.165) is 19.4 Å². The van der Waals surface area contributed by atoms with E-state index in [1.54, 1.807) is 0 Å². The molecule has 1 saturated heterocycles. The molecule has 6 heteroatoms. The monoisotopic (exact) mass is 651 g/mol. The van der Waals surface area contributed by atoms with Crippen LogP contribution in [0, 0.1) is 0 Å². The number of carbonyl (C=O) groups excluding carboxylic acids is 1. The first-order valence-electron chi connectivity index (χ1n) is 15.4. The fourth-order valence-electron chi connectivity index (χ4n) is 5.39. The minimum absolute atomic E-state index is 0.0819. The van der Waals surface area contributed by atoms with Crippen LogP contribution in [0.2, 0.25) is 31.4 Å². The van der Waals surface area contributed by atoms with Crippen molar-refractivity contribution < 1.29 is 14.0 Å². The quantitative estimate of drug-likeness (QED) is 0.125. The second-order valence-corrected chi connectivity index (χ2v) is 30.7. The van der Waals surface area contributed by atoms with E-state index in [4.69, 9.17) is 9.16 Å². The molecule has 0 saturated carbocycles. The van der Waals surface area contributed by atoms with Gasteiger partial charge in [0.05, 0.1) is 0 Å². The van der Waals surface area contributed by atoms with E-state index in [-0.39, 0.29) is 17.2 Å². The molecule has 0 aromatic heterocycles. The molecule has 38 heavy (non-hydrogen) atoms. The van der Waals surface area contributed by atoms with Crippen molar-refractivity contribution in [1.29, 1.82) is 0 Å². The van der Waals surface area contributed by atoms with Crippen molar-refractivity contribution in [3.05, 3.63) is 45.7 Å². The Morgan fingerprint density at radius 3 is 2.08 bits per heavy atom. The maximum absolute atomic E-state index is 13.5. The molecule has 4 nitrogen and oxygen atoms in total. The van der Waals surface area contributed by atoms with Crippen molar-refractivity contribution in [1.82, 2.24) is 4.90 Å². The molecule has 0 radical (unpaired) electrons. The average molecular weight is 651 g/mol. The van der Waals surface area contributed by atoms with Crippen LogP contribution in [0.1, 0.15) is 92.1 Å². The summed E-state index contributed by atoms with van der Waals surface area (Å²) in [6.45, 7) is 19.7. The zero-order valence-corrected chi connectivity index (χ0v) is 29.8. The summed E-state index contributed by atoms with van der Waals surface area (Å²) in [5.41, 5.74) is 1.28. The third kappa shape index (κ3) is 9.40. The molecule has 0 aliphatic carbocycles. The Labute approximate surface area is 239 Å². The van der Waals surface area contributed by atoms with Gasteiger partial charge in [-0.2, -0.15) is 0 Å². The number of rotatable bonds is 17. The third-order valence-corrected chi connectivity index (χ3v) is 29.0. The molecule has 1 amide bonds. The van der Waals surface area contributed by atoms with Crippen LogP contribution >= 0.6 is 0 Å². The van der Waals surface area contributed by atoms with E-state index >= 15 is 0 Å². The number of ether oxygens (including phenoxy) is 1. The molecule has 0 unspecified atom stereocenters. The van der Waals surface area contributed by atoms with Gasteiger partial charge in [0, 0.05) is 0 Å². The molecule has 1 heterocycles. The molecule has 0 spiro atoms. The molecular formula is C32H57NO3SiSn. The van der Waals surface area contributed by atoms with Crippen molar-refractivity contribution in [3.63, 3.8) is 0 Å². The van der Waals surface area contributed by atoms with Crippen LogP contribution < -0.4 is 0 Å². The summed E-state index contributed by atoms with van der Waals surface area (Å²) >= 11 is -2.94. The third-order valence-electron chi connectivity index (χ3n) is 8.83. The second kappa shape index (κ2) is 15.9. The van der Waals surface area contributed by atoms with E-state index in [0.29, 0.717) is 6.61 Å². The molecule has 1 fully saturated rings.